The fourth-order valence-corrected chi connectivity index (χ4v) is 3.11. The second-order valence-electron chi connectivity index (χ2n) is 4.58. The maximum Gasteiger partial charge on any atom is 0.337 e. The number of halogens is 1. The molecule has 7 nitrogen and oxygen atoms in total. The molecule has 0 bridgehead atoms. The molecule has 21 heavy (non-hydrogen) atoms. The number of benzene rings is 1. The molecule has 1 unspecified atom stereocenters. The third kappa shape index (κ3) is 3.17. The predicted octanol–water partition coefficient (Wildman–Crippen LogP) is 0.520. The van der Waals surface area contributed by atoms with Crippen molar-refractivity contribution in [1.82, 2.24) is 0 Å². The summed E-state index contributed by atoms with van der Waals surface area (Å²) in [6.45, 7) is -0.0606. The quantitative estimate of drug-likeness (QED) is 0.812. The molecule has 1 aromatic rings. The maximum atomic E-state index is 11.9. The third-order valence-corrected chi connectivity index (χ3v) is 4.76. The molecule has 2 rings (SSSR count). The molecule has 0 radical (unpaired) electrons. The summed E-state index contributed by atoms with van der Waals surface area (Å²) in [6.07, 6.45) is -0.187. The number of amides is 1. The lowest BCUT2D eigenvalue weighted by atomic mass is 10.2. The Kier molecular flexibility index (Phi) is 4.22. The Balaban J connectivity index is 2.31. The van der Waals surface area contributed by atoms with Gasteiger partial charge in [0.1, 0.15) is 5.25 Å². The van der Waals surface area contributed by atoms with Gasteiger partial charge >= 0.3 is 5.97 Å². The van der Waals surface area contributed by atoms with Gasteiger partial charge in [-0.2, -0.15) is 0 Å². The van der Waals surface area contributed by atoms with E-state index in [1.165, 1.54) is 30.2 Å². The standard InChI is InChI=1S/C12H13ClN2O5S/c1-20-12(17)7-2-3-10(9(13)4-7)15-6-8(5-11(15)16)21(14,18)19/h2-4,8H,5-6H2,1H3,(H2,14,18,19). The molecule has 1 heterocycles. The molecule has 9 heteroatoms. The van der Waals surface area contributed by atoms with Crippen LogP contribution in [0.15, 0.2) is 18.2 Å². The van der Waals surface area contributed by atoms with Gasteiger partial charge in [-0.1, -0.05) is 11.6 Å². The normalized spacial score (nSPS) is 18.9. The number of esters is 1. The van der Waals surface area contributed by atoms with E-state index in [1.807, 2.05) is 0 Å². The number of carbonyl (C=O) groups excluding carboxylic acids is 2. The van der Waals surface area contributed by atoms with Gasteiger partial charge in [0, 0.05) is 13.0 Å². The van der Waals surface area contributed by atoms with Crippen LogP contribution < -0.4 is 10.0 Å². The number of hydrogen-bond acceptors (Lipinski definition) is 5. The molecule has 1 saturated heterocycles. The Bertz CT molecular complexity index is 704. The average Bonchev–Trinajstić information content (AvgIpc) is 2.79. The van der Waals surface area contributed by atoms with Crippen molar-refractivity contribution in [3.63, 3.8) is 0 Å². The highest BCUT2D eigenvalue weighted by atomic mass is 35.5. The topological polar surface area (TPSA) is 107 Å². The van der Waals surface area contributed by atoms with E-state index in [-0.39, 0.29) is 29.5 Å². The fourth-order valence-electron chi connectivity index (χ4n) is 2.10. The molecule has 0 saturated carbocycles. The smallest absolute Gasteiger partial charge is 0.337 e. The van der Waals surface area contributed by atoms with E-state index in [0.717, 1.165) is 0 Å². The van der Waals surface area contributed by atoms with Gasteiger partial charge in [-0.15, -0.1) is 0 Å². The number of primary sulfonamides is 1. The van der Waals surface area contributed by atoms with E-state index in [1.54, 1.807) is 0 Å². The average molecular weight is 333 g/mol. The lowest BCUT2D eigenvalue weighted by Crippen LogP contribution is -2.32. The van der Waals surface area contributed by atoms with Gasteiger partial charge in [0.25, 0.3) is 0 Å². The minimum Gasteiger partial charge on any atom is -0.465 e. The molecule has 1 fully saturated rings. The number of carbonyl (C=O) groups is 2. The lowest BCUT2D eigenvalue weighted by Gasteiger charge is -2.18. The Morgan fingerprint density at radius 2 is 2.14 bits per heavy atom. The van der Waals surface area contributed by atoms with Crippen molar-refractivity contribution < 1.29 is 22.7 Å². The van der Waals surface area contributed by atoms with Crippen molar-refractivity contribution in [3.8, 4) is 0 Å². The second kappa shape index (κ2) is 5.63. The first-order valence-corrected chi connectivity index (χ1v) is 7.92. The van der Waals surface area contributed by atoms with E-state index in [0.29, 0.717) is 5.69 Å². The minimum absolute atomic E-state index is 0.0606. The largest absolute Gasteiger partial charge is 0.465 e. The van der Waals surface area contributed by atoms with Crippen LogP contribution in [0.2, 0.25) is 5.02 Å². The maximum absolute atomic E-state index is 11.9. The number of ether oxygens (including phenoxy) is 1. The minimum atomic E-state index is -3.79. The Morgan fingerprint density at radius 3 is 2.62 bits per heavy atom. The van der Waals surface area contributed by atoms with Gasteiger partial charge in [0.15, 0.2) is 0 Å². The van der Waals surface area contributed by atoms with Crippen molar-refractivity contribution in [2.45, 2.75) is 11.7 Å². The van der Waals surface area contributed by atoms with Crippen molar-refractivity contribution in [2.75, 3.05) is 18.6 Å². The Morgan fingerprint density at radius 1 is 1.48 bits per heavy atom. The number of hydrogen-bond donors (Lipinski definition) is 1. The number of methoxy groups -OCH3 is 1. The monoisotopic (exact) mass is 332 g/mol. The van der Waals surface area contributed by atoms with E-state index in [9.17, 15) is 18.0 Å². The predicted molar refractivity (Wildman–Crippen MR) is 76.7 cm³/mol. The molecule has 1 aromatic carbocycles. The van der Waals surface area contributed by atoms with Crippen molar-refractivity contribution in [3.05, 3.63) is 28.8 Å². The SMILES string of the molecule is COC(=O)c1ccc(N2CC(S(N)(=O)=O)CC2=O)c(Cl)c1. The van der Waals surface area contributed by atoms with E-state index in [4.69, 9.17) is 16.7 Å². The van der Waals surface area contributed by atoms with Crippen LogP contribution in [-0.4, -0.2) is 39.2 Å². The zero-order valence-electron chi connectivity index (χ0n) is 11.1. The molecular formula is C12H13ClN2O5S. The molecule has 1 aliphatic rings. The summed E-state index contributed by atoms with van der Waals surface area (Å²) in [6, 6.07) is 4.28. The summed E-state index contributed by atoms with van der Waals surface area (Å²) < 4.78 is 27.2. The van der Waals surface area contributed by atoms with Gasteiger partial charge in [-0.3, -0.25) is 4.79 Å². The number of anilines is 1. The first kappa shape index (κ1) is 15.7. The van der Waals surface area contributed by atoms with Gasteiger partial charge < -0.3 is 9.64 Å². The molecule has 1 amide bonds. The molecule has 0 spiro atoms. The summed E-state index contributed by atoms with van der Waals surface area (Å²) >= 11 is 6.06. The zero-order valence-corrected chi connectivity index (χ0v) is 12.6. The van der Waals surface area contributed by atoms with Crippen LogP contribution in [0, 0.1) is 0 Å². The Hall–Kier alpha value is -1.64. The van der Waals surface area contributed by atoms with Crippen molar-refractivity contribution >= 4 is 39.2 Å². The van der Waals surface area contributed by atoms with E-state index >= 15 is 0 Å². The zero-order chi connectivity index (χ0) is 15.8. The fraction of sp³-hybridized carbons (Fsp3) is 0.333. The van der Waals surface area contributed by atoms with Crippen molar-refractivity contribution in [2.24, 2.45) is 5.14 Å². The number of sulfonamides is 1. The van der Waals surface area contributed by atoms with Crippen LogP contribution in [-0.2, 0) is 19.6 Å². The number of nitrogens with two attached hydrogens (primary N) is 1. The first-order valence-electron chi connectivity index (χ1n) is 5.94. The Labute approximate surface area is 126 Å². The van der Waals surface area contributed by atoms with Gasteiger partial charge in [0.05, 0.1) is 23.4 Å². The second-order valence-corrected chi connectivity index (χ2v) is 6.83. The van der Waals surface area contributed by atoms with Crippen LogP contribution in [0.1, 0.15) is 16.8 Å². The summed E-state index contributed by atoms with van der Waals surface area (Å²) in [5.74, 6) is -0.944. The molecule has 114 valence electrons. The van der Waals surface area contributed by atoms with Crippen LogP contribution in [0.25, 0.3) is 0 Å². The highest BCUT2D eigenvalue weighted by Crippen LogP contribution is 2.31. The summed E-state index contributed by atoms with van der Waals surface area (Å²) in [4.78, 5) is 24.6. The number of rotatable bonds is 3. The molecule has 0 aliphatic carbocycles. The highest BCUT2D eigenvalue weighted by Gasteiger charge is 2.37. The molecular weight excluding hydrogens is 320 g/mol. The number of nitrogens with zero attached hydrogens (tertiary/aromatic N) is 1. The third-order valence-electron chi connectivity index (χ3n) is 3.21. The van der Waals surface area contributed by atoms with Crippen LogP contribution in [0.5, 0.6) is 0 Å². The van der Waals surface area contributed by atoms with E-state index in [2.05, 4.69) is 4.74 Å². The van der Waals surface area contributed by atoms with Gasteiger partial charge in [0.2, 0.25) is 15.9 Å². The molecule has 0 aromatic heterocycles. The van der Waals surface area contributed by atoms with Crippen molar-refractivity contribution in [1.29, 1.82) is 0 Å². The summed E-state index contributed by atoms with van der Waals surface area (Å²) in [5.41, 5.74) is 0.571. The summed E-state index contributed by atoms with van der Waals surface area (Å²) in [7, 11) is -2.55. The molecule has 1 atom stereocenters. The molecule has 2 N–H and O–H groups in total. The van der Waals surface area contributed by atoms with E-state index < -0.39 is 21.2 Å². The van der Waals surface area contributed by atoms with Crippen LogP contribution in [0.4, 0.5) is 5.69 Å². The van der Waals surface area contributed by atoms with Crippen LogP contribution >= 0.6 is 11.6 Å². The van der Waals surface area contributed by atoms with Crippen LogP contribution in [0.3, 0.4) is 0 Å². The van der Waals surface area contributed by atoms with Gasteiger partial charge in [-0.25, -0.2) is 18.4 Å². The molecule has 1 aliphatic heterocycles. The lowest BCUT2D eigenvalue weighted by molar-refractivity contribution is -0.117. The first-order chi connectivity index (χ1) is 9.74. The highest BCUT2D eigenvalue weighted by molar-refractivity contribution is 7.89. The summed E-state index contributed by atoms with van der Waals surface area (Å²) in [5, 5.41) is 4.26. The van der Waals surface area contributed by atoms with Gasteiger partial charge in [-0.05, 0) is 18.2 Å².